The minimum atomic E-state index is -0.896. The molecule has 0 spiro atoms. The van der Waals surface area contributed by atoms with E-state index < -0.39 is 5.54 Å². The smallest absolute Gasteiger partial charge is 0.333 e. The van der Waals surface area contributed by atoms with E-state index in [1.165, 1.54) is 0 Å². The highest BCUT2D eigenvalue weighted by Gasteiger charge is 2.45. The third-order valence-corrected chi connectivity index (χ3v) is 3.24. The van der Waals surface area contributed by atoms with E-state index in [4.69, 9.17) is 9.57 Å². The number of carbonyl (C=O) groups is 1. The lowest BCUT2D eigenvalue weighted by molar-refractivity contribution is -0.153. The number of hydrogen-bond acceptors (Lipinski definition) is 4. The maximum Gasteiger partial charge on any atom is 0.333 e. The summed E-state index contributed by atoms with van der Waals surface area (Å²) in [5.41, 5.74) is 3.71. The van der Waals surface area contributed by atoms with Crippen molar-refractivity contribution in [3.8, 4) is 11.8 Å². The zero-order valence-electron chi connectivity index (χ0n) is 11.9. The standard InChI is InChI=1S/C16H19NO3/c1-3-5-6-13-7-9-14(10-8-13)16(11-12-20-17-16)15(18)19-4-2/h7-10,17H,3-4,11-12H2,1-2H3. The third-order valence-electron chi connectivity index (χ3n) is 3.24. The summed E-state index contributed by atoms with van der Waals surface area (Å²) in [6, 6.07) is 7.63. The molecule has 106 valence electrons. The first kappa shape index (κ1) is 14.6. The average Bonchev–Trinajstić information content (AvgIpc) is 2.97. The largest absolute Gasteiger partial charge is 0.464 e. The van der Waals surface area contributed by atoms with Gasteiger partial charge in [-0.25, -0.2) is 4.79 Å². The van der Waals surface area contributed by atoms with Gasteiger partial charge in [0.25, 0.3) is 0 Å². The second-order valence-electron chi connectivity index (χ2n) is 4.56. The van der Waals surface area contributed by atoms with Crippen molar-refractivity contribution in [1.82, 2.24) is 5.48 Å². The van der Waals surface area contributed by atoms with Crippen LogP contribution >= 0.6 is 0 Å². The fraction of sp³-hybridized carbons (Fsp3) is 0.438. The number of carbonyl (C=O) groups excluding carboxylic acids is 1. The molecule has 1 aromatic rings. The van der Waals surface area contributed by atoms with Gasteiger partial charge in [-0.3, -0.25) is 0 Å². The first-order valence-electron chi connectivity index (χ1n) is 6.88. The first-order valence-corrected chi connectivity index (χ1v) is 6.88. The molecule has 1 heterocycles. The number of ether oxygens (including phenoxy) is 1. The van der Waals surface area contributed by atoms with Gasteiger partial charge in [-0.2, -0.15) is 5.48 Å². The third kappa shape index (κ3) is 2.84. The Labute approximate surface area is 119 Å². The molecular formula is C16H19NO3. The van der Waals surface area contributed by atoms with Crippen LogP contribution in [0.15, 0.2) is 24.3 Å². The Balaban J connectivity index is 2.28. The Morgan fingerprint density at radius 1 is 1.40 bits per heavy atom. The van der Waals surface area contributed by atoms with E-state index in [0.717, 1.165) is 17.5 Å². The highest BCUT2D eigenvalue weighted by Crippen LogP contribution is 2.31. The molecule has 0 radical (unpaired) electrons. The lowest BCUT2D eigenvalue weighted by Crippen LogP contribution is -2.45. The van der Waals surface area contributed by atoms with Crippen LogP contribution in [0.5, 0.6) is 0 Å². The van der Waals surface area contributed by atoms with Crippen molar-refractivity contribution >= 4 is 5.97 Å². The zero-order chi connectivity index (χ0) is 14.4. The predicted octanol–water partition coefficient (Wildman–Crippen LogP) is 2.13. The van der Waals surface area contributed by atoms with Gasteiger partial charge >= 0.3 is 5.97 Å². The van der Waals surface area contributed by atoms with Gasteiger partial charge in [0, 0.05) is 18.4 Å². The summed E-state index contributed by atoms with van der Waals surface area (Å²) in [5, 5.41) is 0. The van der Waals surface area contributed by atoms with Gasteiger partial charge in [-0.05, 0) is 24.6 Å². The molecule has 1 aliphatic heterocycles. The number of hydroxylamine groups is 1. The number of benzene rings is 1. The van der Waals surface area contributed by atoms with Crippen LogP contribution in [-0.2, 0) is 19.9 Å². The fourth-order valence-corrected chi connectivity index (χ4v) is 2.18. The number of esters is 1. The van der Waals surface area contributed by atoms with Crippen molar-refractivity contribution < 1.29 is 14.4 Å². The minimum Gasteiger partial charge on any atom is -0.464 e. The molecule has 1 fully saturated rings. The molecule has 1 aromatic carbocycles. The van der Waals surface area contributed by atoms with Gasteiger partial charge in [-0.15, -0.1) is 0 Å². The van der Waals surface area contributed by atoms with Crippen LogP contribution < -0.4 is 5.48 Å². The highest BCUT2D eigenvalue weighted by molar-refractivity contribution is 5.82. The first-order chi connectivity index (χ1) is 9.73. The van der Waals surface area contributed by atoms with Crippen LogP contribution in [0.1, 0.15) is 37.8 Å². The van der Waals surface area contributed by atoms with Crippen molar-refractivity contribution in [2.24, 2.45) is 0 Å². The van der Waals surface area contributed by atoms with Crippen LogP contribution in [0.3, 0.4) is 0 Å². The molecular weight excluding hydrogens is 254 g/mol. The molecule has 1 N–H and O–H groups in total. The lowest BCUT2D eigenvalue weighted by atomic mass is 9.88. The molecule has 4 heteroatoms. The van der Waals surface area contributed by atoms with Gasteiger partial charge in [0.05, 0.1) is 13.2 Å². The Morgan fingerprint density at radius 2 is 2.15 bits per heavy atom. The van der Waals surface area contributed by atoms with E-state index in [-0.39, 0.29) is 5.97 Å². The molecule has 2 rings (SSSR count). The Bertz CT molecular complexity index is 519. The number of rotatable bonds is 3. The van der Waals surface area contributed by atoms with Crippen molar-refractivity contribution in [3.63, 3.8) is 0 Å². The molecule has 1 atom stereocenters. The Morgan fingerprint density at radius 3 is 2.70 bits per heavy atom. The topological polar surface area (TPSA) is 47.6 Å². The highest BCUT2D eigenvalue weighted by atomic mass is 16.7. The molecule has 1 saturated heterocycles. The summed E-state index contributed by atoms with van der Waals surface area (Å²) in [5.74, 6) is 5.78. The summed E-state index contributed by atoms with van der Waals surface area (Å²) in [6.07, 6.45) is 1.38. The summed E-state index contributed by atoms with van der Waals surface area (Å²) < 4.78 is 5.17. The lowest BCUT2D eigenvalue weighted by Gasteiger charge is -2.25. The Hall–Kier alpha value is -1.83. The van der Waals surface area contributed by atoms with E-state index in [1.807, 2.05) is 31.2 Å². The summed E-state index contributed by atoms with van der Waals surface area (Å²) >= 11 is 0. The van der Waals surface area contributed by atoms with Crippen LogP contribution in [0, 0.1) is 11.8 Å². The van der Waals surface area contributed by atoms with Crippen molar-refractivity contribution in [2.45, 2.75) is 32.2 Å². The van der Waals surface area contributed by atoms with Crippen LogP contribution in [0.4, 0.5) is 0 Å². The van der Waals surface area contributed by atoms with Crippen LogP contribution in [0.2, 0.25) is 0 Å². The van der Waals surface area contributed by atoms with E-state index in [9.17, 15) is 4.79 Å². The number of hydrogen-bond donors (Lipinski definition) is 1. The zero-order valence-corrected chi connectivity index (χ0v) is 11.9. The van der Waals surface area contributed by atoms with E-state index in [1.54, 1.807) is 6.92 Å². The quantitative estimate of drug-likeness (QED) is 0.677. The maximum atomic E-state index is 12.2. The van der Waals surface area contributed by atoms with Gasteiger partial charge in [0.1, 0.15) is 0 Å². The van der Waals surface area contributed by atoms with Gasteiger partial charge in [-0.1, -0.05) is 30.9 Å². The van der Waals surface area contributed by atoms with Crippen LogP contribution in [0.25, 0.3) is 0 Å². The van der Waals surface area contributed by atoms with Crippen molar-refractivity contribution in [3.05, 3.63) is 35.4 Å². The van der Waals surface area contributed by atoms with E-state index >= 15 is 0 Å². The summed E-state index contributed by atoms with van der Waals surface area (Å²) in [4.78, 5) is 17.4. The molecule has 0 bridgehead atoms. The van der Waals surface area contributed by atoms with Crippen molar-refractivity contribution in [2.75, 3.05) is 13.2 Å². The molecule has 0 aliphatic carbocycles. The van der Waals surface area contributed by atoms with Gasteiger partial charge in [0.2, 0.25) is 0 Å². The summed E-state index contributed by atoms with van der Waals surface area (Å²) in [6.45, 7) is 4.64. The molecule has 1 aliphatic rings. The SMILES string of the molecule is CCC#Cc1ccc(C2(C(=O)OCC)CCON2)cc1. The molecule has 20 heavy (non-hydrogen) atoms. The van der Waals surface area contributed by atoms with E-state index in [0.29, 0.717) is 19.6 Å². The van der Waals surface area contributed by atoms with Gasteiger partial charge < -0.3 is 9.57 Å². The average molecular weight is 273 g/mol. The predicted molar refractivity (Wildman–Crippen MR) is 75.6 cm³/mol. The monoisotopic (exact) mass is 273 g/mol. The molecule has 4 nitrogen and oxygen atoms in total. The number of nitrogens with one attached hydrogen (secondary N) is 1. The van der Waals surface area contributed by atoms with Crippen LogP contribution in [-0.4, -0.2) is 19.2 Å². The molecule has 0 aromatic heterocycles. The minimum absolute atomic E-state index is 0.301. The Kier molecular flexibility index (Phi) is 4.78. The molecule has 0 saturated carbocycles. The van der Waals surface area contributed by atoms with Gasteiger partial charge in [0.15, 0.2) is 5.54 Å². The normalized spacial score (nSPS) is 21.1. The second kappa shape index (κ2) is 6.56. The second-order valence-corrected chi connectivity index (χ2v) is 4.56. The summed E-state index contributed by atoms with van der Waals surface area (Å²) in [7, 11) is 0. The molecule has 0 amide bonds. The van der Waals surface area contributed by atoms with E-state index in [2.05, 4.69) is 17.3 Å². The van der Waals surface area contributed by atoms with Crippen molar-refractivity contribution in [1.29, 1.82) is 0 Å². The molecule has 1 unspecified atom stereocenters. The maximum absolute atomic E-state index is 12.2. The fourth-order valence-electron chi connectivity index (χ4n) is 2.18.